The van der Waals surface area contributed by atoms with Gasteiger partial charge in [-0.15, -0.1) is 0 Å². The van der Waals surface area contributed by atoms with Crippen LogP contribution in [0, 0.1) is 0 Å². The molecule has 0 saturated heterocycles. The molecule has 0 aliphatic carbocycles. The zero-order valence-corrected chi connectivity index (χ0v) is 16.2. The molecular weight excluding hydrogens is 360 g/mol. The van der Waals surface area contributed by atoms with Crippen molar-refractivity contribution in [2.24, 2.45) is 0 Å². The van der Waals surface area contributed by atoms with E-state index in [2.05, 4.69) is 10.1 Å². The lowest BCUT2D eigenvalue weighted by Crippen LogP contribution is -2.39. The minimum atomic E-state index is -0.815. The van der Waals surface area contributed by atoms with E-state index in [4.69, 9.17) is 4.74 Å². The zero-order valence-electron chi connectivity index (χ0n) is 16.2. The van der Waals surface area contributed by atoms with Gasteiger partial charge in [-0.25, -0.2) is 0 Å². The van der Waals surface area contributed by atoms with Gasteiger partial charge in [-0.2, -0.15) is 0 Å². The Balaban J connectivity index is 1.86. The normalized spacial score (nSPS) is 14.4. The van der Waals surface area contributed by atoms with Crippen LogP contribution in [0.15, 0.2) is 42.5 Å². The molecule has 0 unspecified atom stereocenters. The quantitative estimate of drug-likeness (QED) is 0.804. The first-order valence-corrected chi connectivity index (χ1v) is 8.76. The van der Waals surface area contributed by atoms with Crippen molar-refractivity contribution in [3.63, 3.8) is 0 Å². The van der Waals surface area contributed by atoms with Gasteiger partial charge >= 0.3 is 5.97 Å². The monoisotopic (exact) mass is 382 g/mol. The summed E-state index contributed by atoms with van der Waals surface area (Å²) >= 11 is 0. The van der Waals surface area contributed by atoms with Crippen LogP contribution in [0.5, 0.6) is 5.75 Å². The van der Waals surface area contributed by atoms with Crippen LogP contribution in [0.3, 0.4) is 0 Å². The van der Waals surface area contributed by atoms with Gasteiger partial charge in [0, 0.05) is 16.9 Å². The third-order valence-corrected chi connectivity index (χ3v) is 4.87. The van der Waals surface area contributed by atoms with E-state index in [1.54, 1.807) is 63.4 Å². The van der Waals surface area contributed by atoms with E-state index in [0.29, 0.717) is 22.7 Å². The molecule has 1 aliphatic heterocycles. The van der Waals surface area contributed by atoms with Crippen LogP contribution < -0.4 is 15.0 Å². The SMILES string of the molecule is COC(=O)CN1C(=O)C(C)(C)c2cc(NC(=O)c3ccc(OC)cc3)ccc21. The molecule has 0 aromatic heterocycles. The van der Waals surface area contributed by atoms with Crippen molar-refractivity contribution in [1.29, 1.82) is 0 Å². The average Bonchev–Trinajstić information content (AvgIpc) is 2.88. The fourth-order valence-corrected chi connectivity index (χ4v) is 3.21. The summed E-state index contributed by atoms with van der Waals surface area (Å²) in [6, 6.07) is 12.0. The molecule has 0 fully saturated rings. The lowest BCUT2D eigenvalue weighted by molar-refractivity contribution is -0.140. The number of hydrogen-bond donors (Lipinski definition) is 1. The molecule has 0 saturated carbocycles. The first-order valence-electron chi connectivity index (χ1n) is 8.76. The van der Waals surface area contributed by atoms with E-state index in [0.717, 1.165) is 5.56 Å². The average molecular weight is 382 g/mol. The third kappa shape index (κ3) is 3.43. The second-order valence-electron chi connectivity index (χ2n) is 7.01. The van der Waals surface area contributed by atoms with Crippen molar-refractivity contribution in [3.8, 4) is 5.75 Å². The number of nitrogens with one attached hydrogen (secondary N) is 1. The maximum Gasteiger partial charge on any atom is 0.325 e. The zero-order chi connectivity index (χ0) is 20.5. The number of carbonyl (C=O) groups excluding carboxylic acids is 3. The molecule has 2 aromatic rings. The number of methoxy groups -OCH3 is 2. The van der Waals surface area contributed by atoms with E-state index in [9.17, 15) is 14.4 Å². The maximum atomic E-state index is 12.8. The van der Waals surface area contributed by atoms with Crippen molar-refractivity contribution in [3.05, 3.63) is 53.6 Å². The summed E-state index contributed by atoms with van der Waals surface area (Å²) in [4.78, 5) is 38.3. The highest BCUT2D eigenvalue weighted by Crippen LogP contribution is 2.42. The fourth-order valence-electron chi connectivity index (χ4n) is 3.21. The molecule has 0 spiro atoms. The second kappa shape index (κ2) is 7.34. The van der Waals surface area contributed by atoms with Crippen LogP contribution in [0.2, 0.25) is 0 Å². The highest BCUT2D eigenvalue weighted by atomic mass is 16.5. The summed E-state index contributed by atoms with van der Waals surface area (Å²) in [6.45, 7) is 3.43. The first-order chi connectivity index (χ1) is 13.3. The van der Waals surface area contributed by atoms with Crippen molar-refractivity contribution in [2.75, 3.05) is 31.0 Å². The van der Waals surface area contributed by atoms with E-state index in [1.807, 2.05) is 0 Å². The van der Waals surface area contributed by atoms with Gasteiger partial charge in [0.2, 0.25) is 5.91 Å². The van der Waals surface area contributed by atoms with Crippen LogP contribution >= 0.6 is 0 Å². The second-order valence-corrected chi connectivity index (χ2v) is 7.01. The minimum Gasteiger partial charge on any atom is -0.497 e. The Labute approximate surface area is 163 Å². The molecule has 3 rings (SSSR count). The molecule has 2 amide bonds. The number of nitrogens with zero attached hydrogens (tertiary/aromatic N) is 1. The van der Waals surface area contributed by atoms with Crippen LogP contribution in [-0.4, -0.2) is 38.5 Å². The van der Waals surface area contributed by atoms with Crippen LogP contribution in [-0.2, 0) is 19.7 Å². The molecule has 2 aromatic carbocycles. The molecule has 1 aliphatic rings. The van der Waals surface area contributed by atoms with E-state index < -0.39 is 11.4 Å². The van der Waals surface area contributed by atoms with Gasteiger partial charge in [0.05, 0.1) is 19.6 Å². The lowest BCUT2D eigenvalue weighted by Gasteiger charge is -2.19. The summed E-state index contributed by atoms with van der Waals surface area (Å²) in [6.07, 6.45) is 0. The first kappa shape index (κ1) is 19.4. The molecule has 1 heterocycles. The van der Waals surface area contributed by atoms with Gasteiger partial charge < -0.3 is 19.7 Å². The van der Waals surface area contributed by atoms with Crippen molar-refractivity contribution in [1.82, 2.24) is 0 Å². The molecular formula is C21H22N2O5. The van der Waals surface area contributed by atoms with Gasteiger partial charge in [-0.1, -0.05) is 0 Å². The summed E-state index contributed by atoms with van der Waals surface area (Å²) in [5, 5.41) is 2.84. The number of esters is 1. The van der Waals surface area contributed by atoms with E-state index in [-0.39, 0.29) is 18.4 Å². The summed E-state index contributed by atoms with van der Waals surface area (Å²) in [5.74, 6) is -0.281. The molecule has 0 bridgehead atoms. The molecule has 0 atom stereocenters. The minimum absolute atomic E-state index is 0.149. The summed E-state index contributed by atoms with van der Waals surface area (Å²) < 4.78 is 9.78. The Morgan fingerprint density at radius 1 is 1.07 bits per heavy atom. The maximum absolute atomic E-state index is 12.8. The highest BCUT2D eigenvalue weighted by Gasteiger charge is 2.44. The summed E-state index contributed by atoms with van der Waals surface area (Å²) in [5.41, 5.74) is 1.63. The molecule has 7 heteroatoms. The van der Waals surface area contributed by atoms with Gasteiger partial charge in [-0.3, -0.25) is 14.4 Å². The predicted octanol–water partition coefficient (Wildman–Crippen LogP) is 2.74. The van der Waals surface area contributed by atoms with E-state index >= 15 is 0 Å². The Hall–Kier alpha value is -3.35. The highest BCUT2D eigenvalue weighted by molar-refractivity contribution is 6.11. The van der Waals surface area contributed by atoms with Crippen LogP contribution in [0.25, 0.3) is 0 Å². The van der Waals surface area contributed by atoms with Crippen molar-refractivity contribution in [2.45, 2.75) is 19.3 Å². The molecule has 28 heavy (non-hydrogen) atoms. The number of fused-ring (bicyclic) bond motifs is 1. The summed E-state index contributed by atoms with van der Waals surface area (Å²) in [7, 11) is 2.85. The number of carbonyl (C=O) groups is 3. The van der Waals surface area contributed by atoms with Gasteiger partial charge in [0.15, 0.2) is 0 Å². The Morgan fingerprint density at radius 2 is 1.75 bits per heavy atom. The molecule has 7 nitrogen and oxygen atoms in total. The smallest absolute Gasteiger partial charge is 0.325 e. The molecule has 146 valence electrons. The van der Waals surface area contributed by atoms with Gasteiger partial charge in [0.25, 0.3) is 5.91 Å². The number of rotatable bonds is 5. The Morgan fingerprint density at radius 3 is 2.36 bits per heavy atom. The van der Waals surface area contributed by atoms with Gasteiger partial charge in [-0.05, 0) is 61.9 Å². The van der Waals surface area contributed by atoms with Gasteiger partial charge in [0.1, 0.15) is 12.3 Å². The number of amides is 2. The van der Waals surface area contributed by atoms with Crippen LogP contribution in [0.4, 0.5) is 11.4 Å². The van der Waals surface area contributed by atoms with Crippen LogP contribution in [0.1, 0.15) is 29.8 Å². The number of benzene rings is 2. The lowest BCUT2D eigenvalue weighted by atomic mass is 9.86. The number of ether oxygens (including phenoxy) is 2. The fraction of sp³-hybridized carbons (Fsp3) is 0.286. The molecule has 1 N–H and O–H groups in total. The topological polar surface area (TPSA) is 84.9 Å². The Bertz CT molecular complexity index is 934. The van der Waals surface area contributed by atoms with E-state index in [1.165, 1.54) is 12.0 Å². The number of anilines is 2. The molecule has 0 radical (unpaired) electrons. The Kier molecular flexibility index (Phi) is 5.09. The largest absolute Gasteiger partial charge is 0.497 e. The van der Waals surface area contributed by atoms with Crippen molar-refractivity contribution >= 4 is 29.2 Å². The van der Waals surface area contributed by atoms with Crippen molar-refractivity contribution < 1.29 is 23.9 Å². The standard InChI is InChI=1S/C21H22N2O5/c1-21(2)16-11-14(22-19(25)13-5-8-15(27-3)9-6-13)7-10-17(16)23(20(21)26)12-18(24)28-4/h5-11H,12H2,1-4H3,(H,22,25). The third-order valence-electron chi connectivity index (χ3n) is 4.87. The number of hydrogen-bond acceptors (Lipinski definition) is 5. The predicted molar refractivity (Wildman–Crippen MR) is 105 cm³/mol.